The van der Waals surface area contributed by atoms with Gasteiger partial charge >= 0.3 is 7.60 Å². The van der Waals surface area contributed by atoms with Crippen LogP contribution in [0, 0.1) is 6.92 Å². The van der Waals surface area contributed by atoms with Gasteiger partial charge < -0.3 is 128 Å². The second-order valence-electron chi connectivity index (χ2n) is 26.1. The Morgan fingerprint density at radius 2 is 0.843 bits per heavy atom. The van der Waals surface area contributed by atoms with Gasteiger partial charge in [-0.1, -0.05) is 62.3 Å². The van der Waals surface area contributed by atoms with Crippen LogP contribution >= 0.6 is 7.60 Å². The van der Waals surface area contributed by atoms with Crippen LogP contribution in [-0.4, -0.2) is 229 Å². The average Bonchev–Trinajstić information content (AvgIpc) is 1.61. The number of hydrogen-bond acceptors (Lipinski definition) is 32. The molecule has 17 atom stereocenters. The van der Waals surface area contributed by atoms with Gasteiger partial charge in [0.25, 0.3) is 43.9 Å². The van der Waals surface area contributed by atoms with Gasteiger partial charge in [0, 0.05) is 6.66 Å². The van der Waals surface area contributed by atoms with Crippen molar-refractivity contribution in [2.75, 3.05) is 39.3 Å². The second-order valence-corrected chi connectivity index (χ2v) is 31.0. The normalized spacial score (nSPS) is 29.5. The fourth-order valence-electron chi connectivity index (χ4n) is 12.3. The number of rotatable bonds is 15. The largest absolute Gasteiger partial charge is 0.858 e. The molecule has 0 aliphatic carbocycles. The van der Waals surface area contributed by atoms with Crippen LogP contribution < -0.4 is 43.0 Å². The van der Waals surface area contributed by atoms with E-state index < -0.39 is 183 Å². The zero-order valence-electron chi connectivity index (χ0n) is 56.2. The number of nitrogens with zero attached hydrogens (tertiary/aromatic N) is 8. The first-order valence-corrected chi connectivity index (χ1v) is 36.1. The number of aromatic nitrogens is 8. The van der Waals surface area contributed by atoms with Crippen molar-refractivity contribution in [1.82, 2.24) is 38.2 Å². The number of carbonyl (C=O) groups is 4. The standard InChI is InChI=1S/C13H20N3O8P.C13H19N3O8S.C12H17N3O6.C12H15N3O5.C7H8O3S.6CH4/c2*1-13(2)23-8-6(4-21-25(3,19)20)22-12(9(8)24-13)16-5-15-7(10(14)17)11(16)18;1-12(2)20-7-5(3-16)19-11(8(7)21-12)15-4-14-6(9(13)17)10(15)18;1-12(2)19-7-5-3-17-10-6(9(13)16)14-4-15(10)11(18-5)8(7)20-12;1-6-2-4-7(5-3-6)11(8,9)10;;;;;;/h5-6,8-9,12,18H,4H2,1-3H3,(H2,14,17)(H,19,20);5-6,8-9,12,18H,4H2,1-3H3,(H2,14,17);4-5,7-8,11,16,18H,3H2,1-2H3,(H2,13,17);4-5,7-8,11H,3H2,1-2H3,(H2,13,16);2-5H,1H3,(H,8,9,10);6*1H4/p-3/t2*6-,8-,9-,12-;2*5-,7-,8-,11-;;;;;;;/m1111......./s1. The molecular weight excluding hydrogens is 1500 g/mol. The lowest BCUT2D eigenvalue weighted by Crippen LogP contribution is -2.35. The molecule has 13 heterocycles. The molecule has 0 radical (unpaired) electrons. The van der Waals surface area contributed by atoms with Crippen molar-refractivity contribution < 1.29 is 141 Å². The van der Waals surface area contributed by atoms with E-state index in [4.69, 9.17) is 97.8 Å². The van der Waals surface area contributed by atoms with E-state index in [1.165, 1.54) is 24.8 Å². The fraction of sp³-hybridized carbons (Fsp3) is 0.651. The molecule has 8 saturated heterocycles. The van der Waals surface area contributed by atoms with Crippen molar-refractivity contribution in [2.24, 2.45) is 22.9 Å². The summed E-state index contributed by atoms with van der Waals surface area (Å²) in [5.41, 5.74) is 20.4. The van der Waals surface area contributed by atoms with Gasteiger partial charge in [0.05, 0.1) is 50.0 Å². The molecule has 108 heavy (non-hydrogen) atoms. The Morgan fingerprint density at radius 1 is 0.528 bits per heavy atom. The number of fused-ring (bicyclic) bond motifs is 10. The molecule has 5 aromatic rings. The third kappa shape index (κ3) is 20.2. The van der Waals surface area contributed by atoms with Crippen molar-refractivity contribution in [3.8, 4) is 23.5 Å². The van der Waals surface area contributed by atoms with Gasteiger partial charge in [-0.3, -0.25) is 37.0 Å². The lowest BCUT2D eigenvalue weighted by atomic mass is 10.1. The van der Waals surface area contributed by atoms with Gasteiger partial charge in [0.15, 0.2) is 53.8 Å². The summed E-state index contributed by atoms with van der Waals surface area (Å²) in [6.45, 7) is 16.3. The molecule has 0 saturated carbocycles. The van der Waals surface area contributed by atoms with Crippen LogP contribution in [0.15, 0.2) is 54.5 Å². The van der Waals surface area contributed by atoms with Crippen molar-refractivity contribution in [3.63, 3.8) is 0 Å². The number of imidazole rings is 4. The Labute approximate surface area is 624 Å². The number of amides is 4. The van der Waals surface area contributed by atoms with Crippen molar-refractivity contribution >= 4 is 51.5 Å². The van der Waals surface area contributed by atoms with E-state index >= 15 is 0 Å². The lowest BCUT2D eigenvalue weighted by Gasteiger charge is -2.26. The maximum atomic E-state index is 12.3. The molecule has 1 unspecified atom stereocenters. The molecule has 9 aliphatic rings. The van der Waals surface area contributed by atoms with Crippen LogP contribution in [0.25, 0.3) is 0 Å². The molecule has 9 aliphatic heterocycles. The van der Waals surface area contributed by atoms with E-state index in [2.05, 4.69) is 19.9 Å². The highest BCUT2D eigenvalue weighted by atomic mass is 32.2. The summed E-state index contributed by atoms with van der Waals surface area (Å²) >= 11 is 0. The third-order valence-electron chi connectivity index (χ3n) is 16.3. The third-order valence-corrected chi connectivity index (χ3v) is 18.4. The molecule has 42 nitrogen and oxygen atoms in total. The summed E-state index contributed by atoms with van der Waals surface area (Å²) in [5.74, 6) is -8.62. The molecule has 14 rings (SSSR count). The quantitative estimate of drug-likeness (QED) is 0.0438. The van der Waals surface area contributed by atoms with Gasteiger partial charge in [-0.05, 0) is 92.1 Å². The summed E-state index contributed by atoms with van der Waals surface area (Å²) < 4.78 is 153. The smallest absolute Gasteiger partial charge is 0.325 e. The van der Waals surface area contributed by atoms with Crippen molar-refractivity contribution in [1.29, 1.82) is 0 Å². The number of benzene rings is 1. The van der Waals surface area contributed by atoms with E-state index in [0.717, 1.165) is 44.8 Å². The summed E-state index contributed by atoms with van der Waals surface area (Å²) in [6.07, 6.45) is -3.99. The monoisotopic (exact) mass is 1600 g/mol. The summed E-state index contributed by atoms with van der Waals surface area (Å²) in [6, 6.07) is 5.99. The Hall–Kier alpha value is -7.41. The number of ether oxygens (including phenoxy) is 13. The van der Waals surface area contributed by atoms with Crippen LogP contribution in [0.4, 0.5) is 0 Å². The number of carbonyl (C=O) groups excluding carboxylic acids is 4. The van der Waals surface area contributed by atoms with Crippen LogP contribution in [0.3, 0.4) is 0 Å². The molecular formula is C63H100N12O30PS2-3. The summed E-state index contributed by atoms with van der Waals surface area (Å²) in [4.78, 5) is 69.2. The number of aliphatic hydroxyl groups is 1. The fourth-order valence-corrected chi connectivity index (χ4v) is 13.6. The highest BCUT2D eigenvalue weighted by Gasteiger charge is 2.61. The first kappa shape index (κ1) is 93.0. The van der Waals surface area contributed by atoms with E-state index in [-0.39, 0.29) is 106 Å². The highest BCUT2D eigenvalue weighted by Crippen LogP contribution is 2.50. The predicted octanol–water partition coefficient (Wildman–Crippen LogP) is 1.07. The molecule has 11 N–H and O–H groups in total. The predicted molar refractivity (Wildman–Crippen MR) is 369 cm³/mol. The topological polar surface area (TPSA) is 597 Å². The zero-order chi connectivity index (χ0) is 75.1. The first-order valence-electron chi connectivity index (χ1n) is 30.9. The molecule has 1 aromatic carbocycles. The van der Waals surface area contributed by atoms with E-state index in [1.54, 1.807) is 58.2 Å². The second kappa shape index (κ2) is 34.5. The molecule has 8 fully saturated rings. The SMILES string of the molecule is C.C.C.C.C.C.CC1(C)O[C@@H]2[C@H](O1)[C@@H](CO)O[C@H]2n1cnc(C(N)=O)c1[O-].CC1(C)O[C@@H]2[C@H](O1)[C@@H](COP(C)(=O)O)O[C@H]2n1cnc(C(N)=O)c1[O-].CC1(C)O[C@@H]2[C@H](O1)[C@@H](COS(C)(=O)=O)O[C@H]2n1cnc(C(N)=O)c1[O-].CC1(C)O[C@@H]2[C@H](O1)[C@H]1COc3c(C(N)=O)ncn3[C@@H]2O1.Cc1ccc(S(=O)(=O)O)cc1. The molecule has 45 heteroatoms. The lowest BCUT2D eigenvalue weighted by molar-refractivity contribution is -0.286. The van der Waals surface area contributed by atoms with E-state index in [9.17, 15) is 65.9 Å². The molecule has 4 aromatic heterocycles. The Balaban J connectivity index is 0.000000286. The number of aliphatic hydroxyl groups excluding tert-OH is 1. The molecule has 4 amide bonds. The highest BCUT2D eigenvalue weighted by molar-refractivity contribution is 7.86. The average molecular weight is 1600 g/mol. The minimum Gasteiger partial charge on any atom is -0.858 e. The van der Waals surface area contributed by atoms with Crippen LogP contribution in [0.1, 0.15) is 172 Å². The molecule has 0 spiro atoms. The number of nitrogens with two attached hydrogens (primary N) is 4. The van der Waals surface area contributed by atoms with Crippen LogP contribution in [-0.2, 0) is 90.4 Å². The molecule has 612 valence electrons. The van der Waals surface area contributed by atoms with Crippen molar-refractivity contribution in [3.05, 3.63) is 77.9 Å². The number of aryl methyl sites for hydroxylation is 1. The first-order chi connectivity index (χ1) is 47.3. The van der Waals surface area contributed by atoms with Crippen molar-refractivity contribution in [2.45, 2.75) is 233 Å². The van der Waals surface area contributed by atoms with Gasteiger partial charge in [0.2, 0.25) is 5.88 Å². The van der Waals surface area contributed by atoms with E-state index in [1.807, 2.05) is 20.8 Å². The number of hydrogen-bond donors (Lipinski definition) is 7. The van der Waals surface area contributed by atoms with Gasteiger partial charge in [-0.15, -0.1) is 0 Å². The van der Waals surface area contributed by atoms with Gasteiger partial charge in [-0.25, -0.2) is 19.9 Å². The van der Waals surface area contributed by atoms with Crippen LogP contribution in [0.5, 0.6) is 23.5 Å². The van der Waals surface area contributed by atoms with E-state index in [0.29, 0.717) is 5.88 Å². The Bertz CT molecular complexity index is 4240. The molecule has 2 bridgehead atoms. The zero-order valence-corrected chi connectivity index (χ0v) is 58.7. The van der Waals surface area contributed by atoms with Crippen LogP contribution in [0.2, 0.25) is 0 Å². The summed E-state index contributed by atoms with van der Waals surface area (Å²) in [7, 11) is -11.4. The minimum absolute atomic E-state index is 0. The Kier molecular flexibility index (Phi) is 29.7. The maximum Gasteiger partial charge on any atom is 0.325 e. The summed E-state index contributed by atoms with van der Waals surface area (Å²) in [5, 5.41) is 46.0. The number of primary amides is 4. The van der Waals surface area contributed by atoms with Gasteiger partial charge in [-0.2, -0.15) is 16.8 Å². The maximum absolute atomic E-state index is 12.3. The minimum atomic E-state index is -4.02. The Morgan fingerprint density at radius 3 is 1.19 bits per heavy atom. The van der Waals surface area contributed by atoms with Gasteiger partial charge in [0.1, 0.15) is 103 Å².